The Bertz CT molecular complexity index is 369. The third-order valence-corrected chi connectivity index (χ3v) is 5.86. The molecular weight excluding hydrogens is 237 g/mol. The smallest absolute Gasteiger partial charge is 0.264 e. The quantitative estimate of drug-likeness (QED) is 0.695. The number of para-hydroxylation sites is 1. The van der Waals surface area contributed by atoms with E-state index in [9.17, 15) is 4.57 Å². The van der Waals surface area contributed by atoms with Crippen LogP contribution in [0.4, 0.5) is 5.69 Å². The maximum Gasteiger partial charge on any atom is 0.264 e. The summed E-state index contributed by atoms with van der Waals surface area (Å²) < 4.78 is 11.1. The molecular formula is C7H10N3OPS2. The lowest BCUT2D eigenvalue weighted by molar-refractivity contribution is 0.587. The molecule has 1 aromatic rings. The molecule has 1 atom stereocenters. The van der Waals surface area contributed by atoms with Crippen LogP contribution in [-0.2, 0) is 4.57 Å². The van der Waals surface area contributed by atoms with E-state index in [0.29, 0.717) is 0 Å². The van der Waals surface area contributed by atoms with E-state index in [4.69, 9.17) is 11.0 Å². The van der Waals surface area contributed by atoms with Crippen molar-refractivity contribution in [3.8, 4) is 0 Å². The van der Waals surface area contributed by atoms with Crippen molar-refractivity contribution in [2.45, 2.75) is 9.60 Å². The fourth-order valence-electron chi connectivity index (χ4n) is 1.16. The second-order valence-corrected chi connectivity index (χ2v) is 8.60. The minimum absolute atomic E-state index is 0.0479. The second-order valence-electron chi connectivity index (χ2n) is 2.84. The molecule has 7 heteroatoms. The lowest BCUT2D eigenvalue weighted by Gasteiger charge is -2.11. The fourth-order valence-corrected chi connectivity index (χ4v) is 5.60. The Labute approximate surface area is 90.4 Å². The number of nitrogens with two attached hydrogens (primary N) is 2. The van der Waals surface area contributed by atoms with E-state index in [-0.39, 0.29) is 4.71 Å². The normalized spacial score (nSPS) is 20.3. The highest BCUT2D eigenvalue weighted by molar-refractivity contribution is 8.59. The molecule has 0 spiro atoms. The maximum absolute atomic E-state index is 11.2. The largest absolute Gasteiger partial charge is 0.363 e. The van der Waals surface area contributed by atoms with E-state index in [1.807, 2.05) is 24.3 Å². The van der Waals surface area contributed by atoms with Crippen LogP contribution in [0.3, 0.4) is 0 Å². The van der Waals surface area contributed by atoms with Gasteiger partial charge in [-0.15, -0.1) is 0 Å². The zero-order valence-corrected chi connectivity index (χ0v) is 9.74. The lowest BCUT2D eigenvalue weighted by Crippen LogP contribution is -2.10. The van der Waals surface area contributed by atoms with Gasteiger partial charge in [-0.05, 0) is 23.5 Å². The number of hydrogen-bond donors (Lipinski definition) is 3. The van der Waals surface area contributed by atoms with Crippen LogP contribution in [0.15, 0.2) is 29.2 Å². The van der Waals surface area contributed by atoms with Crippen LogP contribution in [0.5, 0.6) is 0 Å². The minimum atomic E-state index is -3.01. The van der Waals surface area contributed by atoms with Crippen molar-refractivity contribution < 1.29 is 4.57 Å². The summed E-state index contributed by atoms with van der Waals surface area (Å²) in [6.45, 7) is -3.01. The van der Waals surface area contributed by atoms with Crippen molar-refractivity contribution in [2.75, 3.05) is 5.32 Å². The molecule has 0 aliphatic carbocycles. The summed E-state index contributed by atoms with van der Waals surface area (Å²) in [6, 6.07) is 7.89. The molecule has 76 valence electrons. The highest BCUT2D eigenvalue weighted by Crippen LogP contribution is 2.54. The van der Waals surface area contributed by atoms with Gasteiger partial charge in [0.1, 0.15) is 4.71 Å². The molecule has 1 unspecified atom stereocenters. The highest BCUT2D eigenvalue weighted by Gasteiger charge is 2.26. The zero-order valence-electron chi connectivity index (χ0n) is 7.21. The van der Waals surface area contributed by atoms with Crippen LogP contribution < -0.4 is 16.3 Å². The molecule has 1 aliphatic heterocycles. The minimum Gasteiger partial charge on any atom is -0.363 e. The first-order chi connectivity index (χ1) is 6.54. The molecule has 1 aliphatic rings. The molecule has 1 aromatic carbocycles. The Hall–Kier alpha value is -0.130. The van der Waals surface area contributed by atoms with Crippen LogP contribution in [0.25, 0.3) is 0 Å². The Morgan fingerprint density at radius 2 is 2.14 bits per heavy atom. The number of thioether (sulfide) groups is 1. The number of rotatable bonds is 2. The van der Waals surface area contributed by atoms with Gasteiger partial charge in [0.05, 0.1) is 0 Å². The van der Waals surface area contributed by atoms with E-state index in [2.05, 4.69) is 5.32 Å². The van der Waals surface area contributed by atoms with Crippen molar-refractivity contribution in [1.82, 2.24) is 0 Å². The average molecular weight is 247 g/mol. The van der Waals surface area contributed by atoms with Gasteiger partial charge in [0.25, 0.3) is 6.65 Å². The topological polar surface area (TPSA) is 81.1 Å². The summed E-state index contributed by atoms with van der Waals surface area (Å²) >= 11 is 2.67. The summed E-state index contributed by atoms with van der Waals surface area (Å²) in [4.78, 5) is 1.14. The monoisotopic (exact) mass is 247 g/mol. The van der Waals surface area contributed by atoms with Crippen molar-refractivity contribution in [1.29, 1.82) is 0 Å². The van der Waals surface area contributed by atoms with Gasteiger partial charge in [0, 0.05) is 10.6 Å². The van der Waals surface area contributed by atoms with Crippen LogP contribution >= 0.6 is 29.8 Å². The lowest BCUT2D eigenvalue weighted by atomic mass is 10.3. The van der Waals surface area contributed by atoms with E-state index >= 15 is 0 Å². The van der Waals surface area contributed by atoms with Gasteiger partial charge >= 0.3 is 0 Å². The molecule has 14 heavy (non-hydrogen) atoms. The predicted octanol–water partition coefficient (Wildman–Crippen LogP) is 2.25. The van der Waals surface area contributed by atoms with Gasteiger partial charge in [0.2, 0.25) is 0 Å². The molecule has 2 rings (SSSR count). The number of hydrogen-bond acceptors (Lipinski definition) is 4. The van der Waals surface area contributed by atoms with Gasteiger partial charge in [-0.25, -0.2) is 0 Å². The molecule has 0 amide bonds. The maximum atomic E-state index is 11.2. The highest BCUT2D eigenvalue weighted by atomic mass is 32.7. The van der Waals surface area contributed by atoms with E-state index in [0.717, 1.165) is 22.0 Å². The van der Waals surface area contributed by atoms with Gasteiger partial charge in [-0.3, -0.25) is 15.6 Å². The summed E-state index contributed by atoms with van der Waals surface area (Å²) in [5.41, 5.74) is 11.6. The van der Waals surface area contributed by atoms with Gasteiger partial charge in [-0.1, -0.05) is 23.9 Å². The molecule has 0 saturated carbocycles. The molecule has 1 heterocycles. The predicted molar refractivity (Wildman–Crippen MR) is 63.3 cm³/mol. The summed E-state index contributed by atoms with van der Waals surface area (Å²) in [7, 11) is 0. The molecule has 0 saturated heterocycles. The first kappa shape index (κ1) is 10.4. The fraction of sp³-hybridized carbons (Fsp3) is 0.143. The van der Waals surface area contributed by atoms with Crippen LogP contribution in [-0.4, -0.2) is 4.71 Å². The number of benzene rings is 1. The van der Waals surface area contributed by atoms with E-state index in [1.165, 1.54) is 0 Å². The third-order valence-electron chi connectivity index (χ3n) is 1.65. The van der Waals surface area contributed by atoms with Crippen molar-refractivity contribution >= 4 is 35.5 Å². The van der Waals surface area contributed by atoms with Crippen LogP contribution in [0.2, 0.25) is 0 Å². The van der Waals surface area contributed by atoms with Crippen molar-refractivity contribution in [3.05, 3.63) is 24.3 Å². The third kappa shape index (κ3) is 2.46. The van der Waals surface area contributed by atoms with Gasteiger partial charge in [-0.2, -0.15) is 0 Å². The first-order valence-electron chi connectivity index (χ1n) is 3.92. The second kappa shape index (κ2) is 3.79. The molecule has 0 fully saturated rings. The first-order valence-corrected chi connectivity index (χ1v) is 8.13. The average Bonchev–Trinajstić information content (AvgIpc) is 2.42. The Morgan fingerprint density at radius 3 is 2.79 bits per heavy atom. The van der Waals surface area contributed by atoms with Crippen LogP contribution in [0, 0.1) is 0 Å². The van der Waals surface area contributed by atoms with Crippen molar-refractivity contribution in [2.24, 2.45) is 11.0 Å². The number of fused-ring (bicyclic) bond motifs is 1. The summed E-state index contributed by atoms with van der Waals surface area (Å²) in [6.07, 6.45) is 0. The molecule has 0 aromatic heterocycles. The standard InChI is InChI=1S/C7H10N3OPS2/c8-12(9,11)14-7-10-5-3-1-2-4-6(5)13-7/h1-4,7,10H,(H4,8,9,11). The van der Waals surface area contributed by atoms with Crippen LogP contribution in [0.1, 0.15) is 0 Å². The van der Waals surface area contributed by atoms with E-state index in [1.54, 1.807) is 11.8 Å². The van der Waals surface area contributed by atoms with Gasteiger partial charge in [0.15, 0.2) is 0 Å². The van der Waals surface area contributed by atoms with Crippen molar-refractivity contribution in [3.63, 3.8) is 0 Å². The Kier molecular flexibility index (Phi) is 2.81. The Balaban J connectivity index is 2.09. The Morgan fingerprint density at radius 1 is 1.43 bits per heavy atom. The number of anilines is 1. The summed E-state index contributed by atoms with van der Waals surface area (Å²) in [5.74, 6) is 0. The molecule has 5 N–H and O–H groups in total. The van der Waals surface area contributed by atoms with E-state index < -0.39 is 6.65 Å². The SMILES string of the molecule is NP(N)(=O)SC1Nc2ccccc2S1. The summed E-state index contributed by atoms with van der Waals surface area (Å²) in [5, 5.41) is 3.18. The molecule has 4 nitrogen and oxygen atoms in total. The molecule has 0 radical (unpaired) electrons. The zero-order chi connectivity index (χ0) is 10.2. The molecule has 0 bridgehead atoms. The number of nitrogens with one attached hydrogen (secondary N) is 1. The van der Waals surface area contributed by atoms with Gasteiger partial charge < -0.3 is 5.32 Å².